The van der Waals surface area contributed by atoms with Gasteiger partial charge in [-0.05, 0) is 37.1 Å². The number of nitrogens with one attached hydrogen (secondary N) is 1. The second-order valence-corrected chi connectivity index (χ2v) is 9.75. The largest absolute Gasteiger partial charge is 0.459 e. The molecule has 0 spiro atoms. The number of carbonyl (C=O) groups is 1. The quantitative estimate of drug-likeness (QED) is 0.365. The van der Waals surface area contributed by atoms with Crippen molar-refractivity contribution in [3.8, 4) is 0 Å². The van der Waals surface area contributed by atoms with Crippen LogP contribution in [0.1, 0.15) is 44.6 Å². The first-order chi connectivity index (χ1) is 15.5. The number of esters is 1. The van der Waals surface area contributed by atoms with E-state index in [0.717, 1.165) is 6.26 Å². The highest BCUT2D eigenvalue weighted by Crippen LogP contribution is 2.21. The molecule has 0 amide bonds. The summed E-state index contributed by atoms with van der Waals surface area (Å²) in [5.74, 6) is -0.484. The number of carbonyl (C=O) groups excluding carboxylic acids is 1. The van der Waals surface area contributed by atoms with Gasteiger partial charge in [0, 0.05) is 25.4 Å². The number of hydrogen-bond acceptors (Lipinski definition) is 10. The molecule has 0 radical (unpaired) electrons. The molecule has 0 fully saturated rings. The van der Waals surface area contributed by atoms with E-state index in [1.165, 1.54) is 23.8 Å². The molecule has 13 heteroatoms. The van der Waals surface area contributed by atoms with Crippen molar-refractivity contribution < 1.29 is 17.9 Å². The Labute approximate surface area is 195 Å². The Morgan fingerprint density at radius 2 is 2.00 bits per heavy atom. The van der Waals surface area contributed by atoms with E-state index in [1.807, 2.05) is 13.8 Å². The van der Waals surface area contributed by atoms with Gasteiger partial charge in [0.2, 0.25) is 5.28 Å². The fourth-order valence-electron chi connectivity index (χ4n) is 3.00. The van der Waals surface area contributed by atoms with Crippen LogP contribution in [0.3, 0.4) is 0 Å². The van der Waals surface area contributed by atoms with E-state index >= 15 is 0 Å². The molecule has 0 saturated heterocycles. The van der Waals surface area contributed by atoms with E-state index in [1.54, 1.807) is 6.07 Å². The first-order valence-electron chi connectivity index (χ1n) is 10.0. The molecule has 0 aliphatic carbocycles. The molecule has 0 bridgehead atoms. The van der Waals surface area contributed by atoms with Gasteiger partial charge in [-0.3, -0.25) is 19.1 Å². The third kappa shape index (κ3) is 5.63. The molecule has 3 rings (SSSR count). The molecule has 0 aromatic carbocycles. The van der Waals surface area contributed by atoms with Crippen LogP contribution in [0.4, 0.5) is 5.82 Å². The van der Waals surface area contributed by atoms with Crippen molar-refractivity contribution in [2.45, 2.75) is 51.3 Å². The number of nitrogens with zero attached hydrogens (tertiary/aromatic N) is 5. The average molecular weight is 495 g/mol. The highest BCUT2D eigenvalue weighted by molar-refractivity contribution is 7.90. The third-order valence-corrected chi connectivity index (χ3v) is 6.16. The smallest absolute Gasteiger partial charge is 0.303 e. The van der Waals surface area contributed by atoms with Crippen LogP contribution in [0.2, 0.25) is 5.28 Å². The Morgan fingerprint density at radius 1 is 1.27 bits per heavy atom. The van der Waals surface area contributed by atoms with E-state index in [0.29, 0.717) is 12.1 Å². The number of rotatable bonds is 8. The first kappa shape index (κ1) is 24.5. The van der Waals surface area contributed by atoms with Crippen molar-refractivity contribution in [1.82, 2.24) is 24.5 Å². The van der Waals surface area contributed by atoms with E-state index in [4.69, 9.17) is 16.3 Å². The molecule has 176 valence electrons. The van der Waals surface area contributed by atoms with E-state index in [-0.39, 0.29) is 52.0 Å². The van der Waals surface area contributed by atoms with Crippen molar-refractivity contribution in [3.63, 3.8) is 0 Å². The van der Waals surface area contributed by atoms with Gasteiger partial charge in [-0.2, -0.15) is 4.98 Å². The molecule has 3 heterocycles. The lowest BCUT2D eigenvalue weighted by Gasteiger charge is -2.18. The molecule has 1 atom stereocenters. The minimum atomic E-state index is -3.36. The number of sulfone groups is 1. The van der Waals surface area contributed by atoms with Crippen LogP contribution >= 0.6 is 11.6 Å². The van der Waals surface area contributed by atoms with E-state index in [9.17, 15) is 18.0 Å². The SMILES string of the molecule is CC[C@@H](C)n1c(=O)c(NCc2ccc(S(C)(=O)=O)cn2)nc2c(COC(C)=O)nc(Cl)nc21. The summed E-state index contributed by atoms with van der Waals surface area (Å²) in [6, 6.07) is 2.76. The Hall–Kier alpha value is -3.12. The molecule has 3 aromatic rings. The predicted octanol–water partition coefficient (Wildman–Crippen LogP) is 2.28. The van der Waals surface area contributed by atoms with E-state index < -0.39 is 21.4 Å². The Kier molecular flexibility index (Phi) is 7.28. The fraction of sp³-hybridized carbons (Fsp3) is 0.400. The standard InChI is InChI=1S/C20H23ClN6O5S/c1-5-11(2)27-18-16(15(10-32-12(3)28)24-20(21)26-18)25-17(19(27)29)23-8-13-6-7-14(9-22-13)33(4,30)31/h6-7,9,11H,5,8,10H2,1-4H3,(H,23,25)/t11-/m1/s1. The van der Waals surface area contributed by atoms with Gasteiger partial charge in [0.15, 0.2) is 21.3 Å². The zero-order valence-corrected chi connectivity index (χ0v) is 20.1. The van der Waals surface area contributed by atoms with Crippen molar-refractivity contribution in [2.75, 3.05) is 11.6 Å². The lowest BCUT2D eigenvalue weighted by atomic mass is 10.2. The molecular weight excluding hydrogens is 472 g/mol. The molecule has 0 saturated carbocycles. The van der Waals surface area contributed by atoms with Gasteiger partial charge in [-0.1, -0.05) is 6.92 Å². The van der Waals surface area contributed by atoms with Gasteiger partial charge in [-0.15, -0.1) is 0 Å². The van der Waals surface area contributed by atoms with Crippen molar-refractivity contribution in [2.24, 2.45) is 0 Å². The topological polar surface area (TPSA) is 146 Å². The number of anilines is 1. The van der Waals surface area contributed by atoms with Crippen LogP contribution in [0.25, 0.3) is 11.2 Å². The highest BCUT2D eigenvalue weighted by Gasteiger charge is 2.20. The number of fused-ring (bicyclic) bond motifs is 1. The summed E-state index contributed by atoms with van der Waals surface area (Å²) in [7, 11) is -3.36. The summed E-state index contributed by atoms with van der Waals surface area (Å²) < 4.78 is 29.8. The highest BCUT2D eigenvalue weighted by atomic mass is 35.5. The maximum absolute atomic E-state index is 13.2. The first-order valence-corrected chi connectivity index (χ1v) is 12.3. The lowest BCUT2D eigenvalue weighted by molar-refractivity contribution is -0.142. The summed E-state index contributed by atoms with van der Waals surface area (Å²) in [4.78, 5) is 41.5. The van der Waals surface area contributed by atoms with Crippen LogP contribution in [0.15, 0.2) is 28.0 Å². The molecule has 33 heavy (non-hydrogen) atoms. The maximum Gasteiger partial charge on any atom is 0.303 e. The number of halogens is 1. The minimum absolute atomic E-state index is 0.0202. The molecule has 11 nitrogen and oxygen atoms in total. The fourth-order valence-corrected chi connectivity index (χ4v) is 3.74. The number of ether oxygens (including phenoxy) is 1. The van der Waals surface area contributed by atoms with Crippen LogP contribution in [-0.4, -0.2) is 45.1 Å². The zero-order valence-electron chi connectivity index (χ0n) is 18.5. The lowest BCUT2D eigenvalue weighted by Crippen LogP contribution is -2.29. The Morgan fingerprint density at radius 3 is 2.58 bits per heavy atom. The van der Waals surface area contributed by atoms with Crippen LogP contribution in [0.5, 0.6) is 0 Å². The van der Waals surface area contributed by atoms with Crippen molar-refractivity contribution in [3.05, 3.63) is 45.4 Å². The Bertz CT molecular complexity index is 1360. The van der Waals surface area contributed by atoms with E-state index in [2.05, 4.69) is 25.3 Å². The molecular formula is C20H23ClN6O5S. The minimum Gasteiger partial charge on any atom is -0.459 e. The summed E-state index contributed by atoms with van der Waals surface area (Å²) in [6.07, 6.45) is 2.98. The molecule has 1 N–H and O–H groups in total. The molecule has 0 unspecified atom stereocenters. The molecule has 0 aliphatic heterocycles. The third-order valence-electron chi connectivity index (χ3n) is 4.89. The van der Waals surface area contributed by atoms with Crippen LogP contribution < -0.4 is 10.9 Å². The van der Waals surface area contributed by atoms with Gasteiger partial charge in [0.05, 0.1) is 17.1 Å². The van der Waals surface area contributed by atoms with Gasteiger partial charge in [0.25, 0.3) is 5.56 Å². The van der Waals surface area contributed by atoms with Crippen molar-refractivity contribution in [1.29, 1.82) is 0 Å². The molecule has 0 aliphatic rings. The normalized spacial score (nSPS) is 12.5. The van der Waals surface area contributed by atoms with Crippen LogP contribution in [0, 0.1) is 0 Å². The summed E-state index contributed by atoms with van der Waals surface area (Å²) in [5.41, 5.74) is 0.848. The predicted molar refractivity (Wildman–Crippen MR) is 122 cm³/mol. The zero-order chi connectivity index (χ0) is 24.3. The summed E-state index contributed by atoms with van der Waals surface area (Å²) >= 11 is 6.06. The average Bonchev–Trinajstić information content (AvgIpc) is 2.75. The number of aromatic nitrogens is 5. The van der Waals surface area contributed by atoms with Gasteiger partial charge < -0.3 is 10.1 Å². The maximum atomic E-state index is 13.2. The second kappa shape index (κ2) is 9.79. The monoisotopic (exact) mass is 494 g/mol. The number of hydrogen-bond donors (Lipinski definition) is 1. The summed E-state index contributed by atoms with van der Waals surface area (Å²) in [6.45, 7) is 4.98. The Balaban J connectivity index is 2.06. The van der Waals surface area contributed by atoms with Gasteiger partial charge in [-0.25, -0.2) is 18.4 Å². The van der Waals surface area contributed by atoms with Crippen molar-refractivity contribution >= 4 is 44.4 Å². The molecule has 3 aromatic heterocycles. The number of pyridine rings is 1. The van der Waals surface area contributed by atoms with Crippen LogP contribution in [-0.2, 0) is 32.5 Å². The summed E-state index contributed by atoms with van der Waals surface area (Å²) in [5, 5.41) is 2.85. The van der Waals surface area contributed by atoms with Gasteiger partial charge in [0.1, 0.15) is 17.8 Å². The van der Waals surface area contributed by atoms with Gasteiger partial charge >= 0.3 is 5.97 Å². The second-order valence-electron chi connectivity index (χ2n) is 7.40.